The van der Waals surface area contributed by atoms with Crippen LogP contribution < -0.4 is 14.8 Å². The van der Waals surface area contributed by atoms with Crippen molar-refractivity contribution in [2.45, 2.75) is 6.92 Å². The van der Waals surface area contributed by atoms with Crippen LogP contribution in [0.5, 0.6) is 11.5 Å². The van der Waals surface area contributed by atoms with E-state index in [0.717, 1.165) is 11.5 Å². The Bertz CT molecular complexity index is 840. The lowest BCUT2D eigenvalue weighted by Gasteiger charge is -2.08. The van der Waals surface area contributed by atoms with Gasteiger partial charge in [0.2, 0.25) is 0 Å². The minimum Gasteiger partial charge on any atom is -0.497 e. The minimum atomic E-state index is -0.170. The minimum absolute atomic E-state index is 0.170. The van der Waals surface area contributed by atoms with Crippen LogP contribution in [-0.2, 0) is 0 Å². The molecule has 124 valence electrons. The molecule has 1 aromatic heterocycles. The highest BCUT2D eigenvalue weighted by Gasteiger charge is 2.09. The van der Waals surface area contributed by atoms with Gasteiger partial charge in [-0.1, -0.05) is 0 Å². The van der Waals surface area contributed by atoms with Crippen LogP contribution in [0.2, 0.25) is 0 Å². The summed E-state index contributed by atoms with van der Waals surface area (Å²) in [5, 5.41) is 2.82. The quantitative estimate of drug-likeness (QED) is 0.705. The molecule has 0 unspecified atom stereocenters. The largest absolute Gasteiger partial charge is 0.497 e. The number of amides is 1. The van der Waals surface area contributed by atoms with E-state index in [0.29, 0.717) is 35.7 Å². The fourth-order valence-corrected chi connectivity index (χ4v) is 2.29. The monoisotopic (exact) mass is 326 g/mol. The molecule has 3 rings (SSSR count). The molecule has 0 fully saturated rings. The Kier molecular flexibility index (Phi) is 4.65. The van der Waals surface area contributed by atoms with Crippen LogP contribution in [0, 0.1) is 6.92 Å². The van der Waals surface area contributed by atoms with E-state index in [9.17, 15) is 4.79 Å². The number of hydrogen-bond donors (Lipinski definition) is 1. The van der Waals surface area contributed by atoms with Crippen molar-refractivity contribution in [3.63, 3.8) is 0 Å². The van der Waals surface area contributed by atoms with Crippen molar-refractivity contribution in [1.29, 1.82) is 0 Å². The first kappa shape index (κ1) is 15.9. The van der Waals surface area contributed by atoms with E-state index in [-0.39, 0.29) is 5.91 Å². The van der Waals surface area contributed by atoms with Crippen LogP contribution in [0.4, 0.5) is 0 Å². The molecule has 1 N–H and O–H groups in total. The Morgan fingerprint density at radius 3 is 2.67 bits per heavy atom. The number of ether oxygens (including phenoxy) is 2. The Hall–Kier alpha value is -3.02. The number of nitrogens with one attached hydrogen (secondary N) is 1. The summed E-state index contributed by atoms with van der Waals surface area (Å²) in [6.45, 7) is 2.56. The number of rotatable bonds is 6. The number of aromatic nitrogens is 1. The second-order valence-corrected chi connectivity index (χ2v) is 5.20. The number of methoxy groups -OCH3 is 1. The Labute approximate surface area is 139 Å². The smallest absolute Gasteiger partial charge is 0.251 e. The zero-order valence-electron chi connectivity index (χ0n) is 13.5. The molecule has 1 heterocycles. The lowest BCUT2D eigenvalue weighted by Crippen LogP contribution is -2.28. The van der Waals surface area contributed by atoms with Crippen molar-refractivity contribution in [2.24, 2.45) is 0 Å². The predicted octanol–water partition coefficient (Wildman–Crippen LogP) is 2.95. The molecule has 2 aromatic carbocycles. The van der Waals surface area contributed by atoms with Crippen LogP contribution in [-0.4, -0.2) is 31.2 Å². The highest BCUT2D eigenvalue weighted by atomic mass is 16.5. The number of carbonyl (C=O) groups excluding carboxylic acids is 1. The number of fused-ring (bicyclic) bond motifs is 1. The number of hydrogen-bond acceptors (Lipinski definition) is 5. The standard InChI is InChI=1S/C18H18N2O4/c1-12-20-16-11-13(3-8-17(16)24-12)18(21)19-9-10-23-15-6-4-14(22-2)5-7-15/h3-8,11H,9-10H2,1-2H3,(H,19,21). The Morgan fingerprint density at radius 1 is 1.17 bits per heavy atom. The summed E-state index contributed by atoms with van der Waals surface area (Å²) in [7, 11) is 1.61. The summed E-state index contributed by atoms with van der Waals surface area (Å²) < 4.78 is 16.0. The summed E-state index contributed by atoms with van der Waals surface area (Å²) in [5.74, 6) is 1.91. The predicted molar refractivity (Wildman–Crippen MR) is 89.6 cm³/mol. The molecule has 0 radical (unpaired) electrons. The lowest BCUT2D eigenvalue weighted by atomic mass is 10.2. The number of aryl methyl sites for hydroxylation is 1. The summed E-state index contributed by atoms with van der Waals surface area (Å²) in [4.78, 5) is 16.4. The fraction of sp³-hybridized carbons (Fsp3) is 0.222. The maximum absolute atomic E-state index is 12.1. The molecular weight excluding hydrogens is 308 g/mol. The highest BCUT2D eigenvalue weighted by Crippen LogP contribution is 2.17. The maximum Gasteiger partial charge on any atom is 0.251 e. The zero-order valence-corrected chi connectivity index (χ0v) is 13.5. The third-order valence-electron chi connectivity index (χ3n) is 3.47. The third-order valence-corrected chi connectivity index (χ3v) is 3.47. The molecule has 6 heteroatoms. The fourth-order valence-electron chi connectivity index (χ4n) is 2.29. The molecule has 0 aliphatic heterocycles. The molecule has 6 nitrogen and oxygen atoms in total. The number of oxazole rings is 1. The van der Waals surface area contributed by atoms with Crippen molar-refractivity contribution in [1.82, 2.24) is 10.3 Å². The molecular formula is C18H18N2O4. The van der Waals surface area contributed by atoms with Crippen LogP contribution in [0.3, 0.4) is 0 Å². The average Bonchev–Trinajstić information content (AvgIpc) is 2.98. The van der Waals surface area contributed by atoms with Gasteiger partial charge in [-0.15, -0.1) is 0 Å². The van der Waals surface area contributed by atoms with E-state index in [4.69, 9.17) is 13.9 Å². The first-order valence-corrected chi connectivity index (χ1v) is 7.58. The average molecular weight is 326 g/mol. The number of nitrogens with zero attached hydrogens (tertiary/aromatic N) is 1. The van der Waals surface area contributed by atoms with Crippen molar-refractivity contribution >= 4 is 17.0 Å². The van der Waals surface area contributed by atoms with Gasteiger partial charge in [0, 0.05) is 12.5 Å². The van der Waals surface area contributed by atoms with Gasteiger partial charge in [0.05, 0.1) is 13.7 Å². The molecule has 3 aromatic rings. The van der Waals surface area contributed by atoms with Gasteiger partial charge >= 0.3 is 0 Å². The molecule has 0 atom stereocenters. The second kappa shape index (κ2) is 7.04. The van der Waals surface area contributed by atoms with Gasteiger partial charge in [-0.25, -0.2) is 4.98 Å². The van der Waals surface area contributed by atoms with E-state index in [1.54, 1.807) is 32.2 Å². The molecule has 0 bridgehead atoms. The van der Waals surface area contributed by atoms with Crippen molar-refractivity contribution in [3.8, 4) is 11.5 Å². The number of carbonyl (C=O) groups is 1. The topological polar surface area (TPSA) is 73.6 Å². The SMILES string of the molecule is COc1ccc(OCCNC(=O)c2ccc3oc(C)nc3c2)cc1. The summed E-state index contributed by atoms with van der Waals surface area (Å²) in [6, 6.07) is 12.5. The summed E-state index contributed by atoms with van der Waals surface area (Å²) in [5.41, 5.74) is 1.89. The van der Waals surface area contributed by atoms with Crippen molar-refractivity contribution < 1.29 is 18.7 Å². The summed E-state index contributed by atoms with van der Waals surface area (Å²) in [6.07, 6.45) is 0. The van der Waals surface area contributed by atoms with Crippen molar-refractivity contribution in [3.05, 3.63) is 53.9 Å². The third kappa shape index (κ3) is 3.65. The van der Waals surface area contributed by atoms with Gasteiger partial charge in [0.25, 0.3) is 5.91 Å². The summed E-state index contributed by atoms with van der Waals surface area (Å²) >= 11 is 0. The second-order valence-electron chi connectivity index (χ2n) is 5.20. The van der Waals surface area contributed by atoms with Crippen LogP contribution in [0.25, 0.3) is 11.1 Å². The van der Waals surface area contributed by atoms with Gasteiger partial charge in [0.1, 0.15) is 23.6 Å². The van der Waals surface area contributed by atoms with Gasteiger partial charge < -0.3 is 19.2 Å². The molecule has 0 aliphatic rings. The molecule has 24 heavy (non-hydrogen) atoms. The first-order valence-electron chi connectivity index (χ1n) is 7.58. The van der Waals surface area contributed by atoms with E-state index in [1.807, 2.05) is 24.3 Å². The van der Waals surface area contributed by atoms with E-state index >= 15 is 0 Å². The van der Waals surface area contributed by atoms with E-state index < -0.39 is 0 Å². The molecule has 0 saturated carbocycles. The molecule has 0 spiro atoms. The molecule has 0 aliphatic carbocycles. The first-order chi connectivity index (χ1) is 11.7. The van der Waals surface area contributed by atoms with Gasteiger partial charge in [-0.3, -0.25) is 4.79 Å². The van der Waals surface area contributed by atoms with Gasteiger partial charge in [-0.2, -0.15) is 0 Å². The van der Waals surface area contributed by atoms with Crippen LogP contribution >= 0.6 is 0 Å². The number of benzene rings is 2. The van der Waals surface area contributed by atoms with Gasteiger partial charge in [-0.05, 0) is 42.5 Å². The lowest BCUT2D eigenvalue weighted by molar-refractivity contribution is 0.0947. The van der Waals surface area contributed by atoms with E-state index in [2.05, 4.69) is 10.3 Å². The highest BCUT2D eigenvalue weighted by molar-refractivity contribution is 5.97. The Morgan fingerprint density at radius 2 is 1.92 bits per heavy atom. The normalized spacial score (nSPS) is 10.6. The van der Waals surface area contributed by atoms with Crippen LogP contribution in [0.1, 0.15) is 16.2 Å². The molecule has 1 amide bonds. The zero-order chi connectivity index (χ0) is 16.9. The van der Waals surface area contributed by atoms with E-state index in [1.165, 1.54) is 0 Å². The van der Waals surface area contributed by atoms with Crippen LogP contribution in [0.15, 0.2) is 46.9 Å². The van der Waals surface area contributed by atoms with Crippen molar-refractivity contribution in [2.75, 3.05) is 20.3 Å². The maximum atomic E-state index is 12.1. The molecule has 0 saturated heterocycles. The Balaban J connectivity index is 1.50. The van der Waals surface area contributed by atoms with Gasteiger partial charge in [0.15, 0.2) is 11.5 Å².